The number of carbonyl (C=O) groups is 1. The molecule has 1 fully saturated rings. The van der Waals surface area contributed by atoms with Gasteiger partial charge in [0.2, 0.25) is 5.91 Å². The topological polar surface area (TPSA) is 55.1 Å². The van der Waals surface area contributed by atoms with E-state index in [1.165, 1.54) is 31.4 Å². The summed E-state index contributed by atoms with van der Waals surface area (Å²) in [5.74, 6) is 1.39. The number of hydrogen-bond donors (Lipinski definition) is 2. The van der Waals surface area contributed by atoms with E-state index in [2.05, 4.69) is 11.6 Å². The lowest BCUT2D eigenvalue weighted by molar-refractivity contribution is -0.123. The third kappa shape index (κ3) is 6.32. The van der Waals surface area contributed by atoms with Crippen molar-refractivity contribution in [3.8, 4) is 0 Å². The summed E-state index contributed by atoms with van der Waals surface area (Å²) in [5, 5.41) is 2.97. The van der Waals surface area contributed by atoms with Crippen molar-refractivity contribution in [2.24, 2.45) is 5.73 Å². The number of rotatable bonds is 9. The lowest BCUT2D eigenvalue weighted by Crippen LogP contribution is -2.50. The van der Waals surface area contributed by atoms with E-state index in [1.807, 2.05) is 11.8 Å². The smallest absolute Gasteiger partial charge is 0.221 e. The largest absolute Gasteiger partial charge is 0.356 e. The number of unbranched alkanes of at least 4 members (excludes halogenated alkanes) is 3. The molecule has 0 aromatic rings. The Morgan fingerprint density at radius 3 is 2.59 bits per heavy atom. The molecule has 0 bridgehead atoms. The summed E-state index contributed by atoms with van der Waals surface area (Å²) in [7, 11) is 0. The van der Waals surface area contributed by atoms with Crippen LogP contribution in [0, 0.1) is 0 Å². The van der Waals surface area contributed by atoms with Gasteiger partial charge in [0.05, 0.1) is 0 Å². The number of amides is 1. The van der Waals surface area contributed by atoms with E-state index in [0.29, 0.717) is 6.42 Å². The van der Waals surface area contributed by atoms with Crippen LogP contribution in [0.2, 0.25) is 0 Å². The first kappa shape index (κ1) is 14.8. The molecule has 1 aliphatic rings. The van der Waals surface area contributed by atoms with Gasteiger partial charge in [-0.1, -0.05) is 12.8 Å². The zero-order valence-electron chi connectivity index (χ0n) is 11.0. The molecule has 1 saturated carbocycles. The molecule has 0 unspecified atom stereocenters. The van der Waals surface area contributed by atoms with Gasteiger partial charge in [-0.25, -0.2) is 0 Å². The first-order valence-electron chi connectivity index (χ1n) is 6.71. The zero-order chi connectivity index (χ0) is 12.6. The predicted octanol–water partition coefficient (Wildman–Crippen LogP) is 2.30. The molecule has 4 heteroatoms. The second-order valence-corrected chi connectivity index (χ2v) is 6.14. The highest BCUT2D eigenvalue weighted by Crippen LogP contribution is 2.31. The van der Waals surface area contributed by atoms with E-state index < -0.39 is 0 Å². The third-order valence-electron chi connectivity index (χ3n) is 3.46. The van der Waals surface area contributed by atoms with Crippen molar-refractivity contribution in [2.45, 2.75) is 56.9 Å². The van der Waals surface area contributed by atoms with E-state index in [1.54, 1.807) is 0 Å². The number of nitrogens with one attached hydrogen (secondary N) is 1. The number of carbonyl (C=O) groups excluding carboxylic acids is 1. The second kappa shape index (κ2) is 7.98. The maximum Gasteiger partial charge on any atom is 0.221 e. The normalized spacial score (nSPS) is 17.5. The Morgan fingerprint density at radius 1 is 1.29 bits per heavy atom. The van der Waals surface area contributed by atoms with Crippen LogP contribution in [0.5, 0.6) is 0 Å². The van der Waals surface area contributed by atoms with Gasteiger partial charge in [0.25, 0.3) is 0 Å². The Bertz CT molecular complexity index is 229. The number of thioether (sulfide) groups is 1. The Hall–Kier alpha value is -0.220. The summed E-state index contributed by atoms with van der Waals surface area (Å²) in [4.78, 5) is 11.6. The van der Waals surface area contributed by atoms with Crippen LogP contribution in [0.4, 0.5) is 0 Å². The van der Waals surface area contributed by atoms with Crippen LogP contribution in [0.3, 0.4) is 0 Å². The molecule has 0 aromatic heterocycles. The minimum Gasteiger partial charge on any atom is -0.356 e. The second-order valence-electron chi connectivity index (χ2n) is 5.15. The molecule has 0 aromatic carbocycles. The summed E-state index contributed by atoms with van der Waals surface area (Å²) < 4.78 is 0. The average Bonchev–Trinajstić information content (AvgIpc) is 2.26. The van der Waals surface area contributed by atoms with Gasteiger partial charge < -0.3 is 11.1 Å². The van der Waals surface area contributed by atoms with Crippen LogP contribution in [0.15, 0.2) is 0 Å². The predicted molar refractivity (Wildman–Crippen MR) is 75.2 cm³/mol. The van der Waals surface area contributed by atoms with E-state index in [9.17, 15) is 4.79 Å². The average molecular weight is 258 g/mol. The van der Waals surface area contributed by atoms with E-state index in [0.717, 1.165) is 25.8 Å². The highest BCUT2D eigenvalue weighted by atomic mass is 32.2. The molecule has 1 aliphatic carbocycles. The molecule has 0 saturated heterocycles. The fraction of sp³-hybridized carbons (Fsp3) is 0.923. The van der Waals surface area contributed by atoms with Crippen LogP contribution < -0.4 is 11.1 Å². The molecule has 0 spiro atoms. The highest BCUT2D eigenvalue weighted by molar-refractivity contribution is 7.98. The number of hydrogen-bond acceptors (Lipinski definition) is 3. The minimum atomic E-state index is -0.178. The minimum absolute atomic E-state index is 0.135. The molecule has 1 amide bonds. The summed E-state index contributed by atoms with van der Waals surface area (Å²) in [6.45, 7) is 0.814. The van der Waals surface area contributed by atoms with Crippen molar-refractivity contribution >= 4 is 17.7 Å². The van der Waals surface area contributed by atoms with E-state index in [4.69, 9.17) is 5.73 Å². The molecule has 1 rings (SSSR count). The standard InChI is InChI=1S/C13H26N2OS/c1-17-10-5-3-2-4-9-15-12(16)11-13(14)7-6-8-13/h2-11,14H2,1H3,(H,15,16). The fourth-order valence-corrected chi connectivity index (χ4v) is 2.64. The van der Waals surface area contributed by atoms with Gasteiger partial charge in [-0.2, -0.15) is 11.8 Å². The molecule has 3 N–H and O–H groups in total. The lowest BCUT2D eigenvalue weighted by atomic mass is 9.75. The van der Waals surface area contributed by atoms with Crippen LogP contribution in [-0.4, -0.2) is 30.0 Å². The molecule has 100 valence electrons. The lowest BCUT2D eigenvalue weighted by Gasteiger charge is -2.37. The maximum absolute atomic E-state index is 11.6. The molecular formula is C13H26N2OS. The Kier molecular flexibility index (Phi) is 6.97. The number of nitrogens with two attached hydrogens (primary N) is 1. The third-order valence-corrected chi connectivity index (χ3v) is 4.16. The van der Waals surface area contributed by atoms with Crippen molar-refractivity contribution < 1.29 is 4.79 Å². The van der Waals surface area contributed by atoms with Gasteiger partial charge >= 0.3 is 0 Å². The van der Waals surface area contributed by atoms with Crippen LogP contribution in [0.1, 0.15) is 51.4 Å². The summed E-state index contributed by atoms with van der Waals surface area (Å²) >= 11 is 1.90. The van der Waals surface area contributed by atoms with Crippen molar-refractivity contribution in [1.82, 2.24) is 5.32 Å². The van der Waals surface area contributed by atoms with Crippen LogP contribution >= 0.6 is 11.8 Å². The van der Waals surface area contributed by atoms with Gasteiger partial charge in [0, 0.05) is 18.5 Å². The molecule has 3 nitrogen and oxygen atoms in total. The molecule has 0 heterocycles. The molecule has 0 atom stereocenters. The zero-order valence-corrected chi connectivity index (χ0v) is 11.8. The summed E-state index contributed by atoms with van der Waals surface area (Å²) in [5.41, 5.74) is 5.85. The highest BCUT2D eigenvalue weighted by Gasteiger charge is 2.34. The van der Waals surface area contributed by atoms with Gasteiger partial charge in [-0.05, 0) is 44.1 Å². The van der Waals surface area contributed by atoms with Crippen molar-refractivity contribution in [3.63, 3.8) is 0 Å². The monoisotopic (exact) mass is 258 g/mol. The van der Waals surface area contributed by atoms with Gasteiger partial charge in [0.1, 0.15) is 0 Å². The maximum atomic E-state index is 11.6. The molecule has 0 aliphatic heterocycles. The van der Waals surface area contributed by atoms with Gasteiger partial charge in [0.15, 0.2) is 0 Å². The van der Waals surface area contributed by atoms with Gasteiger partial charge in [-0.15, -0.1) is 0 Å². The van der Waals surface area contributed by atoms with Gasteiger partial charge in [-0.3, -0.25) is 4.79 Å². The molecule has 0 radical (unpaired) electrons. The van der Waals surface area contributed by atoms with Crippen LogP contribution in [0.25, 0.3) is 0 Å². The quantitative estimate of drug-likeness (QED) is 0.624. The van der Waals surface area contributed by atoms with Crippen molar-refractivity contribution in [2.75, 3.05) is 18.6 Å². The van der Waals surface area contributed by atoms with Crippen LogP contribution in [-0.2, 0) is 4.79 Å². The Morgan fingerprint density at radius 2 is 2.00 bits per heavy atom. The SMILES string of the molecule is CSCCCCCCNC(=O)CC1(N)CCC1. The van der Waals surface area contributed by atoms with Crippen molar-refractivity contribution in [3.05, 3.63) is 0 Å². The summed E-state index contributed by atoms with van der Waals surface area (Å²) in [6, 6.07) is 0. The fourth-order valence-electron chi connectivity index (χ4n) is 2.14. The van der Waals surface area contributed by atoms with Crippen molar-refractivity contribution in [1.29, 1.82) is 0 Å². The van der Waals surface area contributed by atoms with E-state index in [-0.39, 0.29) is 11.4 Å². The summed E-state index contributed by atoms with van der Waals surface area (Å²) in [6.07, 6.45) is 10.7. The Balaban J connectivity index is 1.90. The van der Waals surface area contributed by atoms with E-state index >= 15 is 0 Å². The Labute approximate surface area is 109 Å². The molecular weight excluding hydrogens is 232 g/mol. The first-order valence-corrected chi connectivity index (χ1v) is 8.10. The first-order chi connectivity index (χ1) is 8.16. The molecule has 17 heavy (non-hydrogen) atoms.